The first-order valence-corrected chi connectivity index (χ1v) is 10.5. The first kappa shape index (κ1) is 19.6. The number of nitrogens with one attached hydrogen (secondary N) is 2. The molecule has 0 atom stereocenters. The summed E-state index contributed by atoms with van der Waals surface area (Å²) in [4.78, 5) is 13.9. The van der Waals surface area contributed by atoms with Gasteiger partial charge in [0, 0.05) is 22.0 Å². The molecule has 1 amide bonds. The van der Waals surface area contributed by atoms with E-state index in [0.29, 0.717) is 25.6 Å². The largest absolute Gasteiger partial charge is 0.370 e. The number of rotatable bonds is 4. The molecule has 0 bridgehead atoms. The summed E-state index contributed by atoms with van der Waals surface area (Å²) >= 11 is 0. The number of ether oxygens (including phenoxy) is 1. The molecule has 158 valence electrons. The van der Waals surface area contributed by atoms with Crippen LogP contribution < -0.4 is 10.2 Å². The zero-order chi connectivity index (χ0) is 21.4. The van der Waals surface area contributed by atoms with Crippen LogP contribution in [0.25, 0.3) is 27.8 Å². The monoisotopic (exact) mass is 417 g/mol. The van der Waals surface area contributed by atoms with Crippen LogP contribution in [0.4, 0.5) is 5.69 Å². The Morgan fingerprint density at radius 3 is 2.68 bits per heavy atom. The average molecular weight is 417 g/mol. The number of aryl methyl sites for hydroxylation is 2. The summed E-state index contributed by atoms with van der Waals surface area (Å²) in [7, 11) is 0. The second-order valence-electron chi connectivity index (χ2n) is 8.01. The van der Waals surface area contributed by atoms with Gasteiger partial charge < -0.3 is 15.0 Å². The van der Waals surface area contributed by atoms with E-state index in [0.717, 1.165) is 52.0 Å². The summed E-state index contributed by atoms with van der Waals surface area (Å²) in [5, 5.41) is 18.7. The maximum atomic E-state index is 12.6. The van der Waals surface area contributed by atoms with Crippen molar-refractivity contribution < 1.29 is 14.4 Å². The van der Waals surface area contributed by atoms with Crippen molar-refractivity contribution in [3.63, 3.8) is 0 Å². The van der Waals surface area contributed by atoms with Crippen molar-refractivity contribution in [2.75, 3.05) is 38.2 Å². The summed E-state index contributed by atoms with van der Waals surface area (Å²) in [6.07, 6.45) is 0. The second kappa shape index (κ2) is 8.05. The Kier molecular flexibility index (Phi) is 5.09. The van der Waals surface area contributed by atoms with Crippen LogP contribution in [-0.2, 0) is 9.53 Å². The van der Waals surface area contributed by atoms with Crippen molar-refractivity contribution in [1.29, 1.82) is 0 Å². The van der Waals surface area contributed by atoms with Gasteiger partial charge in [-0.15, -0.1) is 10.2 Å². The van der Waals surface area contributed by atoms with E-state index in [4.69, 9.17) is 9.84 Å². The molecule has 1 saturated heterocycles. The highest BCUT2D eigenvalue weighted by Crippen LogP contribution is 2.27. The number of carbonyl (C=O) groups is 1. The van der Waals surface area contributed by atoms with Crippen molar-refractivity contribution in [1.82, 2.24) is 19.8 Å². The van der Waals surface area contributed by atoms with Gasteiger partial charge in [-0.05, 0) is 25.5 Å². The van der Waals surface area contributed by atoms with Crippen LogP contribution >= 0.6 is 0 Å². The van der Waals surface area contributed by atoms with Crippen LogP contribution in [0.15, 0.2) is 42.5 Å². The molecule has 4 aromatic rings. The summed E-state index contributed by atoms with van der Waals surface area (Å²) in [5.41, 5.74) is 4.27. The van der Waals surface area contributed by atoms with Gasteiger partial charge in [0.1, 0.15) is 13.1 Å². The van der Waals surface area contributed by atoms with Crippen LogP contribution in [0.1, 0.15) is 11.3 Å². The maximum Gasteiger partial charge on any atom is 0.279 e. The number of hydrogen-bond acceptors (Lipinski definition) is 5. The summed E-state index contributed by atoms with van der Waals surface area (Å²) in [5.74, 6) is 0.654. The highest BCUT2D eigenvalue weighted by Gasteiger charge is 2.19. The van der Waals surface area contributed by atoms with Gasteiger partial charge in [0.2, 0.25) is 0 Å². The van der Waals surface area contributed by atoms with Gasteiger partial charge in [0.15, 0.2) is 18.0 Å². The van der Waals surface area contributed by atoms with E-state index in [-0.39, 0.29) is 5.91 Å². The van der Waals surface area contributed by atoms with E-state index in [2.05, 4.69) is 15.5 Å². The molecule has 0 spiro atoms. The topological polar surface area (TPSA) is 85.9 Å². The van der Waals surface area contributed by atoms with Crippen LogP contribution in [0, 0.1) is 13.8 Å². The molecule has 8 heteroatoms. The second-order valence-corrected chi connectivity index (χ2v) is 8.01. The molecular formula is C23H25N6O2+. The minimum atomic E-state index is 0.00298. The van der Waals surface area contributed by atoms with Gasteiger partial charge >= 0.3 is 0 Å². The Hall–Kier alpha value is -3.36. The molecule has 2 N–H and O–H groups in total. The fourth-order valence-corrected chi connectivity index (χ4v) is 4.07. The fraction of sp³-hybridized carbons (Fsp3) is 0.304. The van der Waals surface area contributed by atoms with Gasteiger partial charge in [-0.3, -0.25) is 4.79 Å². The lowest BCUT2D eigenvalue weighted by molar-refractivity contribution is -0.899. The summed E-state index contributed by atoms with van der Waals surface area (Å²) in [6, 6.07) is 14.0. The molecule has 1 aliphatic rings. The predicted octanol–water partition coefficient (Wildman–Crippen LogP) is 1.41. The lowest BCUT2D eigenvalue weighted by Gasteiger charge is -2.23. The number of carbonyl (C=O) groups excluding carboxylic acids is 1. The minimum Gasteiger partial charge on any atom is -0.370 e. The number of fused-ring (bicyclic) bond motifs is 3. The summed E-state index contributed by atoms with van der Waals surface area (Å²) < 4.78 is 7.16. The molecule has 31 heavy (non-hydrogen) atoms. The van der Waals surface area contributed by atoms with E-state index in [1.807, 2.05) is 56.3 Å². The van der Waals surface area contributed by atoms with Gasteiger partial charge in [0.25, 0.3) is 5.91 Å². The highest BCUT2D eigenvalue weighted by molar-refractivity contribution is 5.96. The number of nitrogens with zero attached hydrogens (tertiary/aromatic N) is 4. The van der Waals surface area contributed by atoms with Crippen molar-refractivity contribution in [3.05, 3.63) is 53.7 Å². The first-order valence-electron chi connectivity index (χ1n) is 10.5. The van der Waals surface area contributed by atoms with Crippen LogP contribution in [-0.4, -0.2) is 58.6 Å². The number of aromatic nitrogens is 4. The molecule has 0 unspecified atom stereocenters. The molecule has 8 nitrogen and oxygen atoms in total. The van der Waals surface area contributed by atoms with E-state index in [1.165, 1.54) is 4.90 Å². The van der Waals surface area contributed by atoms with Crippen molar-refractivity contribution in [3.8, 4) is 11.4 Å². The standard InChI is InChI=1S/C23H24N6O2/c1-15-7-8-17(13-20(15)24-21(30)14-28-9-11-31-12-10-28)22-25-26-23-19-6-4-3-5-18(19)16(2)27-29(22)23/h3-8,13H,9-12,14H2,1-2H3,(H,24,30)/p+1. The molecule has 2 aromatic heterocycles. The lowest BCUT2D eigenvalue weighted by Crippen LogP contribution is -3.15. The van der Waals surface area contributed by atoms with E-state index in [9.17, 15) is 4.79 Å². The number of hydrogen-bond donors (Lipinski definition) is 2. The maximum absolute atomic E-state index is 12.6. The first-order chi connectivity index (χ1) is 15.1. The van der Waals surface area contributed by atoms with E-state index < -0.39 is 0 Å². The molecule has 2 aromatic carbocycles. The molecule has 1 fully saturated rings. The molecule has 1 aliphatic heterocycles. The van der Waals surface area contributed by atoms with Crippen molar-refractivity contribution in [2.45, 2.75) is 13.8 Å². The van der Waals surface area contributed by atoms with Crippen LogP contribution in [0.3, 0.4) is 0 Å². The average Bonchev–Trinajstić information content (AvgIpc) is 3.20. The van der Waals surface area contributed by atoms with Gasteiger partial charge in [-0.2, -0.15) is 9.61 Å². The smallest absolute Gasteiger partial charge is 0.279 e. The normalized spacial score (nSPS) is 14.9. The minimum absolute atomic E-state index is 0.00298. The summed E-state index contributed by atoms with van der Waals surface area (Å²) in [6.45, 7) is 7.54. The third kappa shape index (κ3) is 3.75. The number of anilines is 1. The Morgan fingerprint density at radius 1 is 1.10 bits per heavy atom. The molecule has 3 heterocycles. The molecule has 0 aliphatic carbocycles. The van der Waals surface area contributed by atoms with Gasteiger partial charge in [-0.1, -0.05) is 36.4 Å². The molecule has 5 rings (SSSR count). The van der Waals surface area contributed by atoms with Crippen LogP contribution in [0.2, 0.25) is 0 Å². The number of morpholine rings is 1. The predicted molar refractivity (Wildman–Crippen MR) is 118 cm³/mol. The number of benzene rings is 2. The lowest BCUT2D eigenvalue weighted by atomic mass is 10.1. The third-order valence-electron chi connectivity index (χ3n) is 5.83. The Labute approximate surface area is 179 Å². The number of amides is 1. The van der Waals surface area contributed by atoms with Crippen LogP contribution in [0.5, 0.6) is 0 Å². The molecular weight excluding hydrogens is 392 g/mol. The van der Waals surface area contributed by atoms with E-state index >= 15 is 0 Å². The quantitative estimate of drug-likeness (QED) is 0.525. The van der Waals surface area contributed by atoms with Gasteiger partial charge in [-0.25, -0.2) is 0 Å². The van der Waals surface area contributed by atoms with Crippen molar-refractivity contribution >= 4 is 28.0 Å². The molecule has 0 saturated carbocycles. The molecule has 0 radical (unpaired) electrons. The zero-order valence-corrected chi connectivity index (χ0v) is 17.7. The highest BCUT2D eigenvalue weighted by atomic mass is 16.5. The fourth-order valence-electron chi connectivity index (χ4n) is 4.07. The van der Waals surface area contributed by atoms with Gasteiger partial charge in [0.05, 0.1) is 18.9 Å². The SMILES string of the molecule is Cc1ccc(-c2nnc3c4ccccc4c(C)nn23)cc1NC(=O)C[NH+]1CCOCC1. The van der Waals surface area contributed by atoms with E-state index in [1.54, 1.807) is 4.52 Å². The zero-order valence-electron chi connectivity index (χ0n) is 17.7. The number of quaternary nitrogens is 1. The Bertz CT molecular complexity index is 1280. The van der Waals surface area contributed by atoms with Crippen molar-refractivity contribution in [2.24, 2.45) is 0 Å². The third-order valence-corrected chi connectivity index (χ3v) is 5.83. The Morgan fingerprint density at radius 2 is 1.87 bits per heavy atom. The Balaban J connectivity index is 1.47.